The van der Waals surface area contributed by atoms with Crippen molar-refractivity contribution in [3.63, 3.8) is 0 Å². The number of hydrogen-bond donors (Lipinski definition) is 2. The molecule has 3 rings (SSSR count). The van der Waals surface area contributed by atoms with Crippen LogP contribution in [0.15, 0.2) is 72.8 Å². The molecule has 2 N–H and O–H groups in total. The summed E-state index contributed by atoms with van der Waals surface area (Å²) in [5.74, 6) is 0. The smallest absolute Gasteiger partial charge is 0.167 e. The second-order valence-corrected chi connectivity index (χ2v) is 6.01. The van der Waals surface area contributed by atoms with Crippen LogP contribution in [0.4, 0.5) is 0 Å². The number of hydrogen-bond acceptors (Lipinski definition) is 1. The summed E-state index contributed by atoms with van der Waals surface area (Å²) in [5.41, 5.74) is 2.47. The summed E-state index contributed by atoms with van der Waals surface area (Å²) >= 11 is 5.43. The van der Waals surface area contributed by atoms with Crippen molar-refractivity contribution in [2.45, 2.75) is 19.5 Å². The maximum Gasteiger partial charge on any atom is 0.167 e. The van der Waals surface area contributed by atoms with E-state index in [1.54, 1.807) is 0 Å². The summed E-state index contributed by atoms with van der Waals surface area (Å²) in [6.07, 6.45) is 0. The molecule has 2 nitrogen and oxygen atoms in total. The molecule has 0 aromatic heterocycles. The van der Waals surface area contributed by atoms with Crippen LogP contribution in [0.25, 0.3) is 10.8 Å². The Kier molecular flexibility index (Phi) is 4.89. The minimum atomic E-state index is 0.184. The Balaban J connectivity index is 1.62. The van der Waals surface area contributed by atoms with Crippen molar-refractivity contribution in [1.82, 2.24) is 10.6 Å². The highest BCUT2D eigenvalue weighted by Gasteiger charge is 2.06. The number of benzene rings is 3. The van der Waals surface area contributed by atoms with Gasteiger partial charge in [0.2, 0.25) is 0 Å². The maximum absolute atomic E-state index is 5.43. The average Bonchev–Trinajstić information content (AvgIpc) is 2.60. The molecule has 3 heteroatoms. The zero-order valence-electron chi connectivity index (χ0n) is 13.1. The normalized spacial score (nSPS) is 11.9. The highest BCUT2D eigenvalue weighted by atomic mass is 32.1. The van der Waals surface area contributed by atoms with Crippen LogP contribution in [0.5, 0.6) is 0 Å². The van der Waals surface area contributed by atoms with Crippen LogP contribution < -0.4 is 10.6 Å². The van der Waals surface area contributed by atoms with Crippen molar-refractivity contribution in [2.75, 3.05) is 0 Å². The van der Waals surface area contributed by atoms with Gasteiger partial charge < -0.3 is 10.6 Å². The Hall–Kier alpha value is -2.39. The lowest BCUT2D eigenvalue weighted by Crippen LogP contribution is -2.36. The van der Waals surface area contributed by atoms with Gasteiger partial charge in [-0.1, -0.05) is 72.8 Å². The van der Waals surface area contributed by atoms with Crippen LogP contribution in [0, 0.1) is 0 Å². The number of nitrogens with one attached hydrogen (secondary N) is 2. The van der Waals surface area contributed by atoms with Gasteiger partial charge in [-0.2, -0.15) is 0 Å². The molecule has 3 aromatic carbocycles. The number of thiocarbonyl (C=S) groups is 1. The molecule has 116 valence electrons. The summed E-state index contributed by atoms with van der Waals surface area (Å²) in [6.45, 7) is 2.83. The van der Waals surface area contributed by atoms with Crippen molar-refractivity contribution in [3.8, 4) is 0 Å². The Morgan fingerprint density at radius 2 is 1.61 bits per heavy atom. The Bertz CT molecular complexity index is 794. The van der Waals surface area contributed by atoms with Gasteiger partial charge >= 0.3 is 0 Å². The molecule has 0 amide bonds. The third-order valence-corrected chi connectivity index (χ3v) is 4.23. The molecule has 0 spiro atoms. The van der Waals surface area contributed by atoms with E-state index in [2.05, 4.69) is 72.2 Å². The van der Waals surface area contributed by atoms with E-state index in [0.29, 0.717) is 11.7 Å². The first-order valence-corrected chi connectivity index (χ1v) is 8.21. The van der Waals surface area contributed by atoms with Crippen LogP contribution in [0.3, 0.4) is 0 Å². The molecular formula is C20H20N2S. The van der Waals surface area contributed by atoms with Crippen molar-refractivity contribution in [2.24, 2.45) is 0 Å². The SMILES string of the molecule is CC(NC(=S)NCc1cccc2ccccc12)c1ccccc1. The van der Waals surface area contributed by atoms with Crippen molar-refractivity contribution >= 4 is 28.1 Å². The van der Waals surface area contributed by atoms with Gasteiger partial charge in [0.05, 0.1) is 6.04 Å². The fourth-order valence-electron chi connectivity index (χ4n) is 2.69. The lowest BCUT2D eigenvalue weighted by Gasteiger charge is -2.17. The predicted octanol–water partition coefficient (Wildman–Crippen LogP) is 4.57. The quantitative estimate of drug-likeness (QED) is 0.689. The molecule has 0 bridgehead atoms. The molecule has 3 aromatic rings. The monoisotopic (exact) mass is 320 g/mol. The van der Waals surface area contributed by atoms with Crippen molar-refractivity contribution < 1.29 is 0 Å². The zero-order valence-corrected chi connectivity index (χ0v) is 13.9. The Morgan fingerprint density at radius 1 is 0.913 bits per heavy atom. The van der Waals surface area contributed by atoms with Crippen LogP contribution in [-0.2, 0) is 6.54 Å². The van der Waals surface area contributed by atoms with Crippen LogP contribution in [0.1, 0.15) is 24.1 Å². The molecular weight excluding hydrogens is 300 g/mol. The molecule has 0 aliphatic rings. The summed E-state index contributed by atoms with van der Waals surface area (Å²) in [4.78, 5) is 0. The zero-order chi connectivity index (χ0) is 16.1. The van der Waals surface area contributed by atoms with Crippen molar-refractivity contribution in [1.29, 1.82) is 0 Å². The van der Waals surface area contributed by atoms with Gasteiger partial charge in [-0.05, 0) is 41.0 Å². The first kappa shape index (κ1) is 15.5. The van der Waals surface area contributed by atoms with Crippen molar-refractivity contribution in [3.05, 3.63) is 83.9 Å². The first-order chi connectivity index (χ1) is 11.2. The molecule has 23 heavy (non-hydrogen) atoms. The second-order valence-electron chi connectivity index (χ2n) is 5.60. The largest absolute Gasteiger partial charge is 0.359 e. The van der Waals surface area contributed by atoms with Gasteiger partial charge in [-0.25, -0.2) is 0 Å². The second kappa shape index (κ2) is 7.25. The molecule has 0 radical (unpaired) electrons. The van der Waals surface area contributed by atoms with E-state index in [1.807, 2.05) is 18.2 Å². The van der Waals surface area contributed by atoms with Gasteiger partial charge in [-0.15, -0.1) is 0 Å². The highest BCUT2D eigenvalue weighted by molar-refractivity contribution is 7.80. The van der Waals surface area contributed by atoms with Crippen LogP contribution >= 0.6 is 12.2 Å². The molecule has 1 atom stereocenters. The first-order valence-electron chi connectivity index (χ1n) is 7.80. The van der Waals surface area contributed by atoms with E-state index in [0.717, 1.165) is 0 Å². The molecule has 0 aliphatic carbocycles. The lowest BCUT2D eigenvalue weighted by atomic mass is 10.0. The van der Waals surface area contributed by atoms with E-state index in [9.17, 15) is 0 Å². The summed E-state index contributed by atoms with van der Waals surface area (Å²) in [7, 11) is 0. The Labute approximate surface area is 142 Å². The fraction of sp³-hybridized carbons (Fsp3) is 0.150. The third kappa shape index (κ3) is 3.88. The summed E-state index contributed by atoms with van der Waals surface area (Å²) in [5, 5.41) is 9.84. The maximum atomic E-state index is 5.43. The molecule has 0 saturated heterocycles. The topological polar surface area (TPSA) is 24.1 Å². The van der Waals surface area contributed by atoms with Gasteiger partial charge in [-0.3, -0.25) is 0 Å². The molecule has 0 heterocycles. The summed E-state index contributed by atoms with van der Waals surface area (Å²) < 4.78 is 0. The highest BCUT2D eigenvalue weighted by Crippen LogP contribution is 2.18. The van der Waals surface area contributed by atoms with Crippen LogP contribution in [-0.4, -0.2) is 5.11 Å². The van der Waals surface area contributed by atoms with Crippen LogP contribution in [0.2, 0.25) is 0 Å². The van der Waals surface area contributed by atoms with E-state index < -0.39 is 0 Å². The van der Waals surface area contributed by atoms with E-state index in [4.69, 9.17) is 12.2 Å². The van der Waals surface area contributed by atoms with E-state index >= 15 is 0 Å². The number of fused-ring (bicyclic) bond motifs is 1. The average molecular weight is 320 g/mol. The van der Waals surface area contributed by atoms with Gasteiger partial charge in [0.25, 0.3) is 0 Å². The van der Waals surface area contributed by atoms with Gasteiger partial charge in [0.15, 0.2) is 5.11 Å². The molecule has 1 unspecified atom stereocenters. The molecule has 0 saturated carbocycles. The predicted molar refractivity (Wildman–Crippen MR) is 101 cm³/mol. The van der Waals surface area contributed by atoms with Gasteiger partial charge in [0, 0.05) is 6.54 Å². The minimum absolute atomic E-state index is 0.184. The van der Waals surface area contributed by atoms with Gasteiger partial charge in [0.1, 0.15) is 0 Å². The standard InChI is InChI=1S/C20H20N2S/c1-15(16-8-3-2-4-9-16)22-20(23)21-14-18-12-7-11-17-10-5-6-13-19(17)18/h2-13,15H,14H2,1H3,(H2,21,22,23). The lowest BCUT2D eigenvalue weighted by molar-refractivity contribution is 0.698. The fourth-order valence-corrected chi connectivity index (χ4v) is 2.94. The minimum Gasteiger partial charge on any atom is -0.359 e. The van der Waals surface area contributed by atoms with E-state index in [1.165, 1.54) is 21.9 Å². The summed E-state index contributed by atoms with van der Waals surface area (Å²) in [6, 6.07) is 25.3. The Morgan fingerprint density at radius 3 is 2.43 bits per heavy atom. The molecule has 0 fully saturated rings. The third-order valence-electron chi connectivity index (χ3n) is 3.97. The molecule has 0 aliphatic heterocycles. The van der Waals surface area contributed by atoms with E-state index in [-0.39, 0.29) is 6.04 Å². The number of rotatable bonds is 4.